The number of hydrogen-bond acceptors (Lipinski definition) is 2. The van der Waals surface area contributed by atoms with E-state index in [1.165, 1.54) is 22.3 Å². The van der Waals surface area contributed by atoms with Crippen molar-refractivity contribution in [2.75, 3.05) is 6.54 Å². The molecule has 0 spiro atoms. The summed E-state index contributed by atoms with van der Waals surface area (Å²) < 4.78 is 0. The molecule has 0 aliphatic rings. The number of hydrogen-bond donors (Lipinski definition) is 2. The Bertz CT molecular complexity index is 763. The molecule has 2 rings (SSSR count). The summed E-state index contributed by atoms with van der Waals surface area (Å²) in [6.07, 6.45) is 1.11. The Morgan fingerprint density at radius 3 is 2.38 bits per heavy atom. The predicted molar refractivity (Wildman–Crippen MR) is 108 cm³/mol. The second-order valence-electron chi connectivity index (χ2n) is 7.16. The van der Waals surface area contributed by atoms with Crippen LogP contribution in [0.4, 0.5) is 0 Å². The zero-order valence-corrected chi connectivity index (χ0v) is 16.8. The van der Waals surface area contributed by atoms with Gasteiger partial charge in [-0.15, -0.1) is 0 Å². The number of rotatable bonds is 8. The standard InChI is InChI=1S/C22H28ClNO2/c1-14-5-6-18(12-20(14)13-24-8-7-21(25)26)9-15(2)19-10-16(3)22(23)17(4)11-19/h5-6,10-12,15,24H,7-9,13H2,1-4H3,(H,25,26)/t15-/m0/s1. The van der Waals surface area contributed by atoms with E-state index in [0.29, 0.717) is 19.0 Å². The van der Waals surface area contributed by atoms with Gasteiger partial charge in [0.2, 0.25) is 0 Å². The number of aliphatic carboxylic acids is 1. The van der Waals surface area contributed by atoms with Crippen LogP contribution in [0.25, 0.3) is 0 Å². The summed E-state index contributed by atoms with van der Waals surface area (Å²) in [7, 11) is 0. The molecule has 0 unspecified atom stereocenters. The highest BCUT2D eigenvalue weighted by molar-refractivity contribution is 6.32. The van der Waals surface area contributed by atoms with E-state index in [1.54, 1.807) is 0 Å². The molecule has 0 amide bonds. The van der Waals surface area contributed by atoms with Gasteiger partial charge in [0.05, 0.1) is 6.42 Å². The van der Waals surface area contributed by atoms with Crippen LogP contribution >= 0.6 is 11.6 Å². The molecule has 0 aliphatic carbocycles. The molecule has 1 atom stereocenters. The van der Waals surface area contributed by atoms with Crippen molar-refractivity contribution in [1.29, 1.82) is 0 Å². The van der Waals surface area contributed by atoms with Crippen molar-refractivity contribution in [2.24, 2.45) is 0 Å². The van der Waals surface area contributed by atoms with Crippen LogP contribution in [0.1, 0.15) is 52.6 Å². The van der Waals surface area contributed by atoms with Crippen LogP contribution in [0.2, 0.25) is 5.02 Å². The Morgan fingerprint density at radius 1 is 1.12 bits per heavy atom. The monoisotopic (exact) mass is 373 g/mol. The number of aryl methyl sites for hydroxylation is 3. The van der Waals surface area contributed by atoms with E-state index in [0.717, 1.165) is 22.6 Å². The first kappa shape index (κ1) is 20.5. The molecule has 2 aromatic rings. The molecule has 2 N–H and O–H groups in total. The van der Waals surface area contributed by atoms with E-state index in [-0.39, 0.29) is 6.42 Å². The molecule has 0 radical (unpaired) electrons. The highest BCUT2D eigenvalue weighted by atomic mass is 35.5. The quantitative estimate of drug-likeness (QED) is 0.627. The normalized spacial score (nSPS) is 12.2. The van der Waals surface area contributed by atoms with Crippen LogP contribution in [0.15, 0.2) is 30.3 Å². The molecule has 2 aromatic carbocycles. The summed E-state index contributed by atoms with van der Waals surface area (Å²) in [4.78, 5) is 10.6. The molecule has 0 fully saturated rings. The molecular formula is C22H28ClNO2. The number of carboxylic acids is 1. The molecule has 0 aromatic heterocycles. The maximum Gasteiger partial charge on any atom is 0.304 e. The summed E-state index contributed by atoms with van der Waals surface area (Å²) in [5, 5.41) is 12.8. The summed E-state index contributed by atoms with van der Waals surface area (Å²) in [6, 6.07) is 10.9. The molecule has 26 heavy (non-hydrogen) atoms. The smallest absolute Gasteiger partial charge is 0.304 e. The van der Waals surface area contributed by atoms with E-state index >= 15 is 0 Å². The summed E-state index contributed by atoms with van der Waals surface area (Å²) in [5.74, 6) is -0.370. The van der Waals surface area contributed by atoms with Crippen molar-refractivity contribution >= 4 is 17.6 Å². The van der Waals surface area contributed by atoms with Crippen LogP contribution in [-0.4, -0.2) is 17.6 Å². The maximum atomic E-state index is 10.6. The largest absolute Gasteiger partial charge is 0.481 e. The van der Waals surface area contributed by atoms with Gasteiger partial charge < -0.3 is 10.4 Å². The number of benzene rings is 2. The highest BCUT2D eigenvalue weighted by Gasteiger charge is 2.11. The van der Waals surface area contributed by atoms with Crippen molar-refractivity contribution in [2.45, 2.75) is 53.0 Å². The van der Waals surface area contributed by atoms with Gasteiger partial charge in [-0.2, -0.15) is 0 Å². The Kier molecular flexibility index (Phi) is 7.24. The number of carboxylic acid groups (broad SMARTS) is 1. The lowest BCUT2D eigenvalue weighted by Gasteiger charge is -2.16. The summed E-state index contributed by atoms with van der Waals surface area (Å²) in [6.45, 7) is 9.62. The van der Waals surface area contributed by atoms with Gasteiger partial charge in [0.1, 0.15) is 0 Å². The summed E-state index contributed by atoms with van der Waals surface area (Å²) >= 11 is 6.29. The predicted octanol–water partition coefficient (Wildman–Crippen LogP) is 5.18. The average Bonchev–Trinajstić information content (AvgIpc) is 2.58. The van der Waals surface area contributed by atoms with Crippen molar-refractivity contribution in [3.8, 4) is 0 Å². The number of halogens is 1. The minimum Gasteiger partial charge on any atom is -0.481 e. The fourth-order valence-corrected chi connectivity index (χ4v) is 3.31. The first-order valence-electron chi connectivity index (χ1n) is 9.05. The third kappa shape index (κ3) is 5.58. The van der Waals surface area contributed by atoms with Gasteiger partial charge in [0.15, 0.2) is 0 Å². The van der Waals surface area contributed by atoms with Crippen molar-refractivity contribution in [3.63, 3.8) is 0 Å². The molecule has 140 valence electrons. The van der Waals surface area contributed by atoms with E-state index in [2.05, 4.69) is 63.3 Å². The minimum absolute atomic E-state index is 0.144. The summed E-state index contributed by atoms with van der Waals surface area (Å²) in [5.41, 5.74) is 7.31. The SMILES string of the molecule is Cc1ccc(C[C@H](C)c2cc(C)c(Cl)c(C)c2)cc1CNCCC(=O)O. The second kappa shape index (κ2) is 9.20. The van der Waals surface area contributed by atoms with Crippen molar-refractivity contribution in [3.05, 3.63) is 68.7 Å². The van der Waals surface area contributed by atoms with Gasteiger partial charge in [-0.3, -0.25) is 4.79 Å². The number of carbonyl (C=O) groups is 1. The molecule has 4 heteroatoms. The van der Waals surface area contributed by atoms with E-state index < -0.39 is 5.97 Å². The van der Waals surface area contributed by atoms with Gasteiger partial charge in [-0.05, 0) is 66.5 Å². The molecule has 0 heterocycles. The molecule has 3 nitrogen and oxygen atoms in total. The van der Waals surface area contributed by atoms with E-state index in [4.69, 9.17) is 16.7 Å². The molecule has 0 aliphatic heterocycles. The maximum absolute atomic E-state index is 10.6. The highest BCUT2D eigenvalue weighted by Crippen LogP contribution is 2.28. The van der Waals surface area contributed by atoms with Crippen molar-refractivity contribution < 1.29 is 9.90 Å². The Hall–Kier alpha value is -1.84. The third-order valence-electron chi connectivity index (χ3n) is 4.81. The minimum atomic E-state index is -0.773. The Morgan fingerprint density at radius 2 is 1.77 bits per heavy atom. The van der Waals surface area contributed by atoms with Gasteiger partial charge >= 0.3 is 5.97 Å². The Balaban J connectivity index is 2.07. The first-order valence-corrected chi connectivity index (χ1v) is 9.43. The van der Waals surface area contributed by atoms with Crippen LogP contribution in [0, 0.1) is 20.8 Å². The molecular weight excluding hydrogens is 346 g/mol. The third-order valence-corrected chi connectivity index (χ3v) is 5.41. The molecule has 0 saturated heterocycles. The van der Waals surface area contributed by atoms with Crippen LogP contribution in [0.3, 0.4) is 0 Å². The van der Waals surface area contributed by atoms with Gasteiger partial charge in [0.25, 0.3) is 0 Å². The second-order valence-corrected chi connectivity index (χ2v) is 7.53. The number of nitrogens with one attached hydrogen (secondary N) is 1. The fraction of sp³-hybridized carbons (Fsp3) is 0.409. The fourth-order valence-electron chi connectivity index (χ4n) is 3.20. The lowest BCUT2D eigenvalue weighted by Crippen LogP contribution is -2.18. The topological polar surface area (TPSA) is 49.3 Å². The van der Waals surface area contributed by atoms with Gasteiger partial charge in [0, 0.05) is 18.1 Å². The van der Waals surface area contributed by atoms with E-state index in [1.807, 2.05) is 0 Å². The van der Waals surface area contributed by atoms with E-state index in [9.17, 15) is 4.79 Å². The van der Waals surface area contributed by atoms with Crippen LogP contribution < -0.4 is 5.32 Å². The molecule has 0 saturated carbocycles. The zero-order chi connectivity index (χ0) is 19.3. The lowest BCUT2D eigenvalue weighted by molar-refractivity contribution is -0.136. The molecule has 0 bridgehead atoms. The van der Waals surface area contributed by atoms with Crippen molar-refractivity contribution in [1.82, 2.24) is 5.32 Å². The zero-order valence-electron chi connectivity index (χ0n) is 16.0. The average molecular weight is 374 g/mol. The lowest BCUT2D eigenvalue weighted by atomic mass is 9.90. The first-order chi connectivity index (χ1) is 12.3. The van der Waals surface area contributed by atoms with Crippen LogP contribution in [0.5, 0.6) is 0 Å². The Labute approximate surface area is 161 Å². The van der Waals surface area contributed by atoms with Gasteiger partial charge in [-0.1, -0.05) is 48.9 Å². The van der Waals surface area contributed by atoms with Gasteiger partial charge in [-0.25, -0.2) is 0 Å². The van der Waals surface area contributed by atoms with Crippen LogP contribution in [-0.2, 0) is 17.8 Å².